The topological polar surface area (TPSA) is 55.2 Å². The van der Waals surface area contributed by atoms with Crippen LogP contribution in [0.25, 0.3) is 11.4 Å². The van der Waals surface area contributed by atoms with Gasteiger partial charge in [-0.15, -0.1) is 0 Å². The monoisotopic (exact) mass is 228 g/mol. The van der Waals surface area contributed by atoms with Crippen LogP contribution in [-0.2, 0) is 4.74 Å². The SMILES string of the molecule is CO[C@H]1c2cccnc2-c2ncccc2[C@@H]1O. The Morgan fingerprint density at radius 2 is 1.65 bits per heavy atom. The van der Waals surface area contributed by atoms with Crippen LogP contribution in [0.2, 0.25) is 0 Å². The van der Waals surface area contributed by atoms with E-state index in [4.69, 9.17) is 4.74 Å². The van der Waals surface area contributed by atoms with Gasteiger partial charge in [0, 0.05) is 30.6 Å². The Labute approximate surface area is 98.9 Å². The van der Waals surface area contributed by atoms with Crippen LogP contribution >= 0.6 is 0 Å². The number of aliphatic hydroxyl groups is 1. The second-order valence-electron chi connectivity index (χ2n) is 3.98. The molecule has 0 aliphatic heterocycles. The van der Waals surface area contributed by atoms with E-state index in [-0.39, 0.29) is 6.10 Å². The minimum absolute atomic E-state index is 0.379. The molecule has 1 aliphatic rings. The molecule has 0 fully saturated rings. The first-order valence-corrected chi connectivity index (χ1v) is 5.44. The highest BCUT2D eigenvalue weighted by Crippen LogP contribution is 2.43. The number of pyridine rings is 2. The summed E-state index contributed by atoms with van der Waals surface area (Å²) in [6.07, 6.45) is 2.36. The van der Waals surface area contributed by atoms with Crippen molar-refractivity contribution in [2.24, 2.45) is 0 Å². The third-order valence-electron chi connectivity index (χ3n) is 3.07. The quantitative estimate of drug-likeness (QED) is 0.809. The number of nitrogens with zero attached hydrogens (tertiary/aromatic N) is 2. The highest BCUT2D eigenvalue weighted by atomic mass is 16.5. The van der Waals surface area contributed by atoms with Crippen LogP contribution in [0.5, 0.6) is 0 Å². The van der Waals surface area contributed by atoms with Crippen LogP contribution in [0.15, 0.2) is 36.7 Å². The molecule has 86 valence electrons. The van der Waals surface area contributed by atoms with Crippen molar-refractivity contribution >= 4 is 0 Å². The molecule has 3 rings (SSSR count). The molecule has 17 heavy (non-hydrogen) atoms. The van der Waals surface area contributed by atoms with E-state index in [1.165, 1.54) is 0 Å². The highest BCUT2D eigenvalue weighted by Gasteiger charge is 2.33. The lowest BCUT2D eigenvalue weighted by Crippen LogP contribution is -2.20. The third kappa shape index (κ3) is 1.45. The molecule has 0 saturated carbocycles. The summed E-state index contributed by atoms with van der Waals surface area (Å²) in [6.45, 7) is 0. The molecule has 0 spiro atoms. The van der Waals surface area contributed by atoms with E-state index in [9.17, 15) is 5.11 Å². The molecule has 4 nitrogen and oxygen atoms in total. The second-order valence-corrected chi connectivity index (χ2v) is 3.98. The molecular weight excluding hydrogens is 216 g/mol. The zero-order valence-electron chi connectivity index (χ0n) is 9.37. The van der Waals surface area contributed by atoms with Gasteiger partial charge in [0.05, 0.1) is 11.4 Å². The molecule has 0 amide bonds. The summed E-state index contributed by atoms with van der Waals surface area (Å²) in [7, 11) is 1.59. The van der Waals surface area contributed by atoms with E-state index < -0.39 is 6.10 Å². The van der Waals surface area contributed by atoms with Crippen molar-refractivity contribution in [1.82, 2.24) is 9.97 Å². The number of ether oxygens (including phenoxy) is 1. The number of aromatic nitrogens is 2. The Morgan fingerprint density at radius 3 is 2.29 bits per heavy atom. The zero-order chi connectivity index (χ0) is 11.8. The van der Waals surface area contributed by atoms with Gasteiger partial charge in [-0.1, -0.05) is 12.1 Å². The van der Waals surface area contributed by atoms with Crippen LogP contribution < -0.4 is 0 Å². The maximum atomic E-state index is 10.3. The van der Waals surface area contributed by atoms with Gasteiger partial charge in [-0.25, -0.2) is 0 Å². The van der Waals surface area contributed by atoms with E-state index in [2.05, 4.69) is 9.97 Å². The number of fused-ring (bicyclic) bond motifs is 3. The maximum Gasteiger partial charge on any atom is 0.114 e. The Hall–Kier alpha value is -1.78. The van der Waals surface area contributed by atoms with Crippen molar-refractivity contribution in [3.63, 3.8) is 0 Å². The van der Waals surface area contributed by atoms with E-state index in [0.717, 1.165) is 22.5 Å². The van der Waals surface area contributed by atoms with Crippen LogP contribution in [-0.4, -0.2) is 22.2 Å². The lowest BCUT2D eigenvalue weighted by molar-refractivity contribution is -0.0166. The van der Waals surface area contributed by atoms with Gasteiger partial charge in [-0.3, -0.25) is 9.97 Å². The van der Waals surface area contributed by atoms with Crippen molar-refractivity contribution in [2.75, 3.05) is 7.11 Å². The summed E-state index contributed by atoms with van der Waals surface area (Å²) in [5.41, 5.74) is 3.18. The van der Waals surface area contributed by atoms with E-state index in [1.54, 1.807) is 19.5 Å². The predicted molar refractivity (Wildman–Crippen MR) is 62.2 cm³/mol. The van der Waals surface area contributed by atoms with Gasteiger partial charge in [0.1, 0.15) is 12.2 Å². The zero-order valence-corrected chi connectivity index (χ0v) is 9.37. The maximum absolute atomic E-state index is 10.3. The summed E-state index contributed by atoms with van der Waals surface area (Å²) >= 11 is 0. The van der Waals surface area contributed by atoms with Crippen LogP contribution in [0.1, 0.15) is 23.3 Å². The van der Waals surface area contributed by atoms with Gasteiger partial charge in [0.25, 0.3) is 0 Å². The van der Waals surface area contributed by atoms with Crippen molar-refractivity contribution in [3.8, 4) is 11.4 Å². The number of rotatable bonds is 1. The largest absolute Gasteiger partial charge is 0.385 e. The summed E-state index contributed by atoms with van der Waals surface area (Å²) in [5, 5.41) is 10.3. The number of methoxy groups -OCH3 is 1. The average molecular weight is 228 g/mol. The summed E-state index contributed by atoms with van der Waals surface area (Å²) in [6, 6.07) is 7.42. The molecule has 0 saturated heterocycles. The Morgan fingerprint density at radius 1 is 1.06 bits per heavy atom. The molecular formula is C13H12N2O2. The molecule has 0 bridgehead atoms. The fourth-order valence-electron chi connectivity index (χ4n) is 2.29. The molecule has 2 heterocycles. The predicted octanol–water partition coefficient (Wildman–Crippen LogP) is 1.88. The molecule has 0 unspecified atom stereocenters. The fraction of sp³-hybridized carbons (Fsp3) is 0.231. The Kier molecular flexibility index (Phi) is 2.39. The van der Waals surface area contributed by atoms with Crippen molar-refractivity contribution in [2.45, 2.75) is 12.2 Å². The van der Waals surface area contributed by atoms with E-state index in [1.807, 2.05) is 24.3 Å². The first-order valence-electron chi connectivity index (χ1n) is 5.44. The smallest absolute Gasteiger partial charge is 0.114 e. The number of hydrogen-bond donors (Lipinski definition) is 1. The van der Waals surface area contributed by atoms with Crippen molar-refractivity contribution < 1.29 is 9.84 Å². The molecule has 4 heteroatoms. The van der Waals surface area contributed by atoms with E-state index in [0.29, 0.717) is 0 Å². The lowest BCUT2D eigenvalue weighted by Gasteiger charge is -2.29. The number of hydrogen-bond acceptors (Lipinski definition) is 4. The Bertz CT molecular complexity index is 557. The van der Waals surface area contributed by atoms with Crippen LogP contribution in [0.4, 0.5) is 0 Å². The first kappa shape index (κ1) is 10.4. The molecule has 0 radical (unpaired) electrons. The van der Waals surface area contributed by atoms with Gasteiger partial charge in [-0.2, -0.15) is 0 Å². The molecule has 1 N–H and O–H groups in total. The summed E-state index contributed by atoms with van der Waals surface area (Å²) < 4.78 is 5.37. The second kappa shape index (κ2) is 3.91. The average Bonchev–Trinajstić information content (AvgIpc) is 2.40. The fourth-order valence-corrected chi connectivity index (χ4v) is 2.29. The minimum atomic E-state index is -0.694. The standard InChI is InChI=1S/C13H12N2O2/c1-17-13-9-5-3-7-15-11(9)10-8(12(13)16)4-2-6-14-10/h2-7,12-13,16H,1H3/t12-,13-/m0/s1. The minimum Gasteiger partial charge on any atom is -0.385 e. The number of aliphatic hydroxyl groups excluding tert-OH is 1. The van der Waals surface area contributed by atoms with Crippen molar-refractivity contribution in [1.29, 1.82) is 0 Å². The summed E-state index contributed by atoms with van der Waals surface area (Å²) in [5.74, 6) is 0. The van der Waals surface area contributed by atoms with Crippen LogP contribution in [0.3, 0.4) is 0 Å². The van der Waals surface area contributed by atoms with Crippen LogP contribution in [0, 0.1) is 0 Å². The molecule has 1 aliphatic carbocycles. The Balaban J connectivity index is 2.29. The van der Waals surface area contributed by atoms with Gasteiger partial charge < -0.3 is 9.84 Å². The third-order valence-corrected chi connectivity index (χ3v) is 3.07. The summed E-state index contributed by atoms with van der Waals surface area (Å²) in [4.78, 5) is 8.64. The first-order chi connectivity index (χ1) is 8.33. The van der Waals surface area contributed by atoms with Gasteiger partial charge >= 0.3 is 0 Å². The van der Waals surface area contributed by atoms with Gasteiger partial charge in [0.15, 0.2) is 0 Å². The van der Waals surface area contributed by atoms with Gasteiger partial charge in [-0.05, 0) is 12.1 Å². The molecule has 2 aromatic heterocycles. The molecule has 2 atom stereocenters. The van der Waals surface area contributed by atoms with Crippen molar-refractivity contribution in [3.05, 3.63) is 47.8 Å². The molecule has 2 aromatic rings. The van der Waals surface area contributed by atoms with Gasteiger partial charge in [0.2, 0.25) is 0 Å². The molecule has 0 aromatic carbocycles. The van der Waals surface area contributed by atoms with E-state index >= 15 is 0 Å². The normalized spacial score (nSPS) is 21.8. The lowest BCUT2D eigenvalue weighted by atomic mass is 9.88. The highest BCUT2D eigenvalue weighted by molar-refractivity contribution is 5.66.